The quantitative estimate of drug-likeness (QED) is 0.462. The number of carbonyl (C=O) groups excluding carboxylic acids is 1. The zero-order valence-corrected chi connectivity index (χ0v) is 18.5. The first-order valence-corrected chi connectivity index (χ1v) is 10.8. The molecule has 166 valence electrons. The summed E-state index contributed by atoms with van der Waals surface area (Å²) in [6.07, 6.45) is 6.69. The molecule has 1 aromatic carbocycles. The van der Waals surface area contributed by atoms with E-state index < -0.39 is 11.4 Å². The molecule has 0 atom stereocenters. The van der Waals surface area contributed by atoms with Crippen molar-refractivity contribution >= 4 is 40.0 Å². The summed E-state index contributed by atoms with van der Waals surface area (Å²) in [5, 5.41) is 0.730. The van der Waals surface area contributed by atoms with Crippen LogP contribution in [0.3, 0.4) is 0 Å². The molecule has 0 saturated heterocycles. The van der Waals surface area contributed by atoms with Crippen molar-refractivity contribution in [3.05, 3.63) is 87.1 Å². The summed E-state index contributed by atoms with van der Waals surface area (Å²) in [5.74, 6) is -0.328. The molecule has 0 saturated carbocycles. The topological polar surface area (TPSA) is 103 Å². The maximum absolute atomic E-state index is 13.2. The third-order valence-electron chi connectivity index (χ3n) is 5.68. The second-order valence-electron chi connectivity index (χ2n) is 7.72. The van der Waals surface area contributed by atoms with Crippen LogP contribution < -0.4 is 16.1 Å². The molecular formula is C24H20ClN5O3. The predicted octanol–water partition coefficient (Wildman–Crippen LogP) is 3.71. The number of pyridine rings is 3. The standard InChI is InChI=1S/C24H20ClN5O3/c1-2-33-24(32)18-13-30(16-3-4-22(26)28-10-16)20-8-21(19(25)7-17(20)23(18)31)29-11-14-5-6-27-9-15(14)12-29/h3-10,13H,2,11-12H2,1H3,(H2,26,28). The van der Waals surface area contributed by atoms with Crippen molar-refractivity contribution in [2.75, 3.05) is 17.2 Å². The number of rotatable bonds is 4. The van der Waals surface area contributed by atoms with Crippen LogP contribution in [-0.2, 0) is 17.8 Å². The van der Waals surface area contributed by atoms with Crippen LogP contribution in [0, 0.1) is 0 Å². The summed E-state index contributed by atoms with van der Waals surface area (Å²) in [6, 6.07) is 8.90. The van der Waals surface area contributed by atoms with E-state index in [1.165, 1.54) is 11.8 Å². The van der Waals surface area contributed by atoms with E-state index in [0.29, 0.717) is 40.5 Å². The summed E-state index contributed by atoms with van der Waals surface area (Å²) in [6.45, 7) is 3.18. The molecule has 33 heavy (non-hydrogen) atoms. The van der Waals surface area contributed by atoms with E-state index in [2.05, 4.69) is 14.9 Å². The molecule has 5 rings (SSSR count). The molecule has 3 aromatic heterocycles. The van der Waals surface area contributed by atoms with Gasteiger partial charge in [0.15, 0.2) is 0 Å². The minimum absolute atomic E-state index is 0.0790. The lowest BCUT2D eigenvalue weighted by Crippen LogP contribution is -2.21. The van der Waals surface area contributed by atoms with Gasteiger partial charge in [0.25, 0.3) is 0 Å². The highest BCUT2D eigenvalue weighted by Crippen LogP contribution is 2.36. The van der Waals surface area contributed by atoms with Gasteiger partial charge in [0.05, 0.1) is 34.7 Å². The molecule has 1 aliphatic heterocycles. The van der Waals surface area contributed by atoms with Crippen molar-refractivity contribution < 1.29 is 9.53 Å². The van der Waals surface area contributed by atoms with Crippen LogP contribution >= 0.6 is 11.6 Å². The number of nitrogens with two attached hydrogens (primary N) is 1. The third-order valence-corrected chi connectivity index (χ3v) is 5.99. The number of hydrogen-bond acceptors (Lipinski definition) is 7. The number of benzene rings is 1. The maximum Gasteiger partial charge on any atom is 0.343 e. The first kappa shape index (κ1) is 21.0. The fourth-order valence-corrected chi connectivity index (χ4v) is 4.36. The number of ether oxygens (including phenoxy) is 1. The number of anilines is 2. The Morgan fingerprint density at radius 3 is 2.73 bits per heavy atom. The molecule has 0 fully saturated rings. The van der Waals surface area contributed by atoms with Gasteiger partial charge < -0.3 is 19.9 Å². The van der Waals surface area contributed by atoms with Crippen molar-refractivity contribution in [2.45, 2.75) is 20.0 Å². The Kier molecular flexibility index (Phi) is 5.22. The average molecular weight is 462 g/mol. The summed E-state index contributed by atoms with van der Waals surface area (Å²) in [5.41, 5.74) is 9.56. The van der Waals surface area contributed by atoms with Crippen LogP contribution in [-0.4, -0.2) is 27.1 Å². The van der Waals surface area contributed by atoms with Gasteiger partial charge in [-0.3, -0.25) is 9.78 Å². The molecule has 9 heteroatoms. The van der Waals surface area contributed by atoms with E-state index in [-0.39, 0.29) is 12.2 Å². The van der Waals surface area contributed by atoms with Crippen LogP contribution in [0.15, 0.2) is 59.9 Å². The Labute approximate surface area is 194 Å². The largest absolute Gasteiger partial charge is 0.462 e. The van der Waals surface area contributed by atoms with E-state index in [1.807, 2.05) is 18.3 Å². The molecule has 4 aromatic rings. The lowest BCUT2D eigenvalue weighted by atomic mass is 10.1. The molecule has 0 spiro atoms. The van der Waals surface area contributed by atoms with E-state index in [9.17, 15) is 9.59 Å². The Hall–Kier alpha value is -3.91. The highest BCUT2D eigenvalue weighted by atomic mass is 35.5. The lowest BCUT2D eigenvalue weighted by Gasteiger charge is -2.21. The molecule has 0 aliphatic carbocycles. The Balaban J connectivity index is 1.72. The van der Waals surface area contributed by atoms with Crippen LogP contribution in [0.25, 0.3) is 16.6 Å². The zero-order chi connectivity index (χ0) is 23.1. The fraction of sp³-hybridized carbons (Fsp3) is 0.167. The maximum atomic E-state index is 13.2. The third kappa shape index (κ3) is 3.68. The number of hydrogen-bond donors (Lipinski definition) is 1. The Morgan fingerprint density at radius 1 is 1.18 bits per heavy atom. The van der Waals surface area contributed by atoms with Crippen molar-refractivity contribution in [1.29, 1.82) is 0 Å². The Bertz CT molecular complexity index is 1420. The highest BCUT2D eigenvalue weighted by molar-refractivity contribution is 6.34. The number of carbonyl (C=O) groups is 1. The van der Waals surface area contributed by atoms with Crippen molar-refractivity contribution in [2.24, 2.45) is 0 Å². The number of nitrogens with zero attached hydrogens (tertiary/aromatic N) is 4. The van der Waals surface area contributed by atoms with Crippen molar-refractivity contribution in [1.82, 2.24) is 14.5 Å². The first-order valence-electron chi connectivity index (χ1n) is 10.4. The molecule has 0 bridgehead atoms. The molecule has 0 radical (unpaired) electrons. The number of esters is 1. The number of fused-ring (bicyclic) bond motifs is 2. The van der Waals surface area contributed by atoms with Crippen molar-refractivity contribution in [3.63, 3.8) is 0 Å². The minimum atomic E-state index is -0.691. The number of halogens is 1. The van der Waals surface area contributed by atoms with Gasteiger partial charge in [-0.25, -0.2) is 9.78 Å². The summed E-state index contributed by atoms with van der Waals surface area (Å²) >= 11 is 6.66. The van der Waals surface area contributed by atoms with Crippen LogP contribution in [0.1, 0.15) is 28.4 Å². The van der Waals surface area contributed by atoms with Gasteiger partial charge in [0, 0.05) is 37.1 Å². The first-order chi connectivity index (χ1) is 16.0. The van der Waals surface area contributed by atoms with Crippen molar-refractivity contribution in [3.8, 4) is 5.69 Å². The molecule has 8 nitrogen and oxygen atoms in total. The highest BCUT2D eigenvalue weighted by Gasteiger charge is 2.24. The van der Waals surface area contributed by atoms with Gasteiger partial charge >= 0.3 is 5.97 Å². The van der Waals surface area contributed by atoms with Gasteiger partial charge in [-0.05, 0) is 48.4 Å². The second-order valence-corrected chi connectivity index (χ2v) is 8.13. The SMILES string of the molecule is CCOC(=O)c1cn(-c2ccc(N)nc2)c2cc(N3Cc4ccncc4C3)c(Cl)cc2c1=O. The van der Waals surface area contributed by atoms with E-state index in [0.717, 1.165) is 11.3 Å². The summed E-state index contributed by atoms with van der Waals surface area (Å²) < 4.78 is 6.84. The monoisotopic (exact) mass is 461 g/mol. The van der Waals surface area contributed by atoms with Crippen LogP contribution in [0.5, 0.6) is 0 Å². The summed E-state index contributed by atoms with van der Waals surface area (Å²) in [7, 11) is 0. The van der Waals surface area contributed by atoms with Crippen LogP contribution in [0.4, 0.5) is 11.5 Å². The van der Waals surface area contributed by atoms with Crippen LogP contribution in [0.2, 0.25) is 5.02 Å². The molecule has 1 aliphatic rings. The van der Waals surface area contributed by atoms with Gasteiger partial charge in [-0.2, -0.15) is 0 Å². The second kappa shape index (κ2) is 8.22. The average Bonchev–Trinajstić information content (AvgIpc) is 3.24. The number of nitrogen functional groups attached to an aromatic ring is 1. The minimum Gasteiger partial charge on any atom is -0.462 e. The van der Waals surface area contributed by atoms with E-state index >= 15 is 0 Å². The number of aromatic nitrogens is 3. The predicted molar refractivity (Wildman–Crippen MR) is 127 cm³/mol. The normalized spacial score (nSPS) is 12.7. The van der Waals surface area contributed by atoms with E-state index in [1.54, 1.807) is 42.1 Å². The summed E-state index contributed by atoms with van der Waals surface area (Å²) in [4.78, 5) is 36.2. The Morgan fingerprint density at radius 2 is 2.00 bits per heavy atom. The molecule has 2 N–H and O–H groups in total. The van der Waals surface area contributed by atoms with Gasteiger partial charge in [0.1, 0.15) is 11.4 Å². The van der Waals surface area contributed by atoms with Gasteiger partial charge in [-0.15, -0.1) is 0 Å². The smallest absolute Gasteiger partial charge is 0.343 e. The molecular weight excluding hydrogens is 442 g/mol. The van der Waals surface area contributed by atoms with Gasteiger partial charge in [-0.1, -0.05) is 11.6 Å². The zero-order valence-electron chi connectivity index (χ0n) is 17.8. The fourth-order valence-electron chi connectivity index (χ4n) is 4.07. The molecule has 0 amide bonds. The molecule has 4 heterocycles. The van der Waals surface area contributed by atoms with E-state index in [4.69, 9.17) is 22.1 Å². The lowest BCUT2D eigenvalue weighted by molar-refractivity contribution is 0.0524. The van der Waals surface area contributed by atoms with Gasteiger partial charge in [0.2, 0.25) is 5.43 Å². The molecule has 0 unspecified atom stereocenters.